The molecule has 0 amide bonds. The molecule has 0 bridgehead atoms. The fourth-order valence-corrected chi connectivity index (χ4v) is 4.43. The van der Waals surface area contributed by atoms with Crippen molar-refractivity contribution in [1.82, 2.24) is 4.57 Å². The number of hydrogen-bond donors (Lipinski definition) is 1. The van der Waals surface area contributed by atoms with Gasteiger partial charge in [-0.3, -0.25) is 4.79 Å². The number of para-hydroxylation sites is 1. The van der Waals surface area contributed by atoms with E-state index in [2.05, 4.69) is 44.0 Å². The van der Waals surface area contributed by atoms with Crippen molar-refractivity contribution in [3.63, 3.8) is 0 Å². The molecule has 0 spiro atoms. The highest BCUT2D eigenvalue weighted by atomic mass is 16.3. The van der Waals surface area contributed by atoms with E-state index in [0.29, 0.717) is 11.1 Å². The van der Waals surface area contributed by atoms with Crippen LogP contribution in [0.15, 0.2) is 78.1 Å². The average molecular weight is 398 g/mol. The topological polar surface area (TPSA) is 42.2 Å². The summed E-state index contributed by atoms with van der Waals surface area (Å²) in [5.41, 5.74) is 6.33. The Morgan fingerprint density at radius 2 is 1.70 bits per heavy atom. The van der Waals surface area contributed by atoms with Crippen LogP contribution in [-0.2, 0) is 17.3 Å². The number of rotatable bonds is 4. The van der Waals surface area contributed by atoms with Crippen molar-refractivity contribution < 1.29 is 9.90 Å². The molecule has 3 aromatic rings. The van der Waals surface area contributed by atoms with Crippen molar-refractivity contribution in [2.75, 3.05) is 0 Å². The number of aryl methyl sites for hydroxylation is 2. The third kappa shape index (κ3) is 2.77. The number of carbonyl (C=O) groups excluding carboxylic acids is 1. The van der Waals surface area contributed by atoms with Crippen LogP contribution in [0.5, 0.6) is 0 Å². The highest BCUT2D eigenvalue weighted by Gasteiger charge is 2.38. The van der Waals surface area contributed by atoms with E-state index in [1.54, 1.807) is 6.08 Å². The molecular weight excluding hydrogens is 370 g/mol. The number of benzene rings is 2. The summed E-state index contributed by atoms with van der Waals surface area (Å²) in [6.45, 7) is 12.5. The van der Waals surface area contributed by atoms with E-state index in [-0.39, 0.29) is 17.0 Å². The van der Waals surface area contributed by atoms with Gasteiger partial charge < -0.3 is 9.67 Å². The van der Waals surface area contributed by atoms with E-state index in [0.717, 1.165) is 33.3 Å². The smallest absolute Gasteiger partial charge is 0.201 e. The van der Waals surface area contributed by atoms with Crippen LogP contribution < -0.4 is 0 Å². The third-order valence-corrected chi connectivity index (χ3v) is 6.55. The number of allylic oxidation sites excluding steroid dienone is 4. The second-order valence-corrected chi connectivity index (χ2v) is 8.61. The predicted octanol–water partition coefficient (Wildman–Crippen LogP) is 6.11. The standard InChI is InChI=1S/C27H27NO2/c1-16-11-7-9-13-21(16)27(4,5)17(2)15-20-25(29)24(26(20)30)23-18(3)28(6)22-14-10-8-12-19(22)23/h7-15,29H,2H2,1,3-6H3/b20-15+. The minimum Gasteiger partial charge on any atom is -0.506 e. The van der Waals surface area contributed by atoms with E-state index in [1.807, 2.05) is 50.4 Å². The van der Waals surface area contributed by atoms with Gasteiger partial charge in [-0.1, -0.05) is 62.9 Å². The predicted molar refractivity (Wildman–Crippen MR) is 124 cm³/mol. The molecule has 0 unspecified atom stereocenters. The second-order valence-electron chi connectivity index (χ2n) is 8.61. The highest BCUT2D eigenvalue weighted by molar-refractivity contribution is 6.40. The quantitative estimate of drug-likeness (QED) is 0.540. The molecule has 1 heterocycles. The zero-order chi connectivity index (χ0) is 21.8. The first-order chi connectivity index (χ1) is 14.2. The van der Waals surface area contributed by atoms with Crippen molar-refractivity contribution in [3.05, 3.63) is 100 Å². The number of nitrogens with zero attached hydrogens (tertiary/aromatic N) is 1. The van der Waals surface area contributed by atoms with Gasteiger partial charge in [0.25, 0.3) is 0 Å². The summed E-state index contributed by atoms with van der Waals surface area (Å²) in [4.78, 5) is 13.1. The first-order valence-electron chi connectivity index (χ1n) is 10.2. The molecule has 1 aliphatic carbocycles. The number of Topliss-reactive ketones (excluding diaryl/α,β-unsaturated/α-hetero) is 1. The van der Waals surface area contributed by atoms with Crippen LogP contribution in [0.1, 0.15) is 36.2 Å². The molecule has 2 aromatic carbocycles. The summed E-state index contributed by atoms with van der Waals surface area (Å²) in [6, 6.07) is 16.1. The molecule has 0 atom stereocenters. The van der Waals surface area contributed by atoms with Crippen molar-refractivity contribution in [1.29, 1.82) is 0 Å². The maximum atomic E-state index is 13.1. The van der Waals surface area contributed by atoms with Gasteiger partial charge in [-0.05, 0) is 42.7 Å². The van der Waals surface area contributed by atoms with Crippen molar-refractivity contribution in [2.24, 2.45) is 7.05 Å². The summed E-state index contributed by atoms with van der Waals surface area (Å²) < 4.78 is 2.06. The molecule has 0 saturated heterocycles. The minimum atomic E-state index is -0.357. The Balaban J connectivity index is 1.77. The molecule has 3 nitrogen and oxygen atoms in total. The van der Waals surface area contributed by atoms with E-state index in [1.165, 1.54) is 5.56 Å². The molecule has 30 heavy (non-hydrogen) atoms. The number of aromatic nitrogens is 1. The SMILES string of the molecule is C=C(/C=C1/C(=O)C(c2c(C)n(C)c3ccccc23)=C1O)C(C)(C)c1ccccc1C. The van der Waals surface area contributed by atoms with Crippen molar-refractivity contribution in [3.8, 4) is 0 Å². The summed E-state index contributed by atoms with van der Waals surface area (Å²) in [5.74, 6) is -0.0742. The first kappa shape index (κ1) is 20.0. The number of hydrogen-bond acceptors (Lipinski definition) is 2. The van der Waals surface area contributed by atoms with E-state index < -0.39 is 0 Å². The molecule has 1 N–H and O–H groups in total. The molecule has 152 valence electrons. The maximum Gasteiger partial charge on any atom is 0.201 e. The monoisotopic (exact) mass is 397 g/mol. The van der Waals surface area contributed by atoms with Crippen LogP contribution in [0.3, 0.4) is 0 Å². The van der Waals surface area contributed by atoms with Crippen LogP contribution in [0.25, 0.3) is 16.5 Å². The van der Waals surface area contributed by atoms with Gasteiger partial charge in [0.15, 0.2) is 0 Å². The van der Waals surface area contributed by atoms with Gasteiger partial charge in [-0.15, -0.1) is 0 Å². The number of aliphatic hydroxyl groups excluding tert-OH is 1. The molecule has 1 aromatic heterocycles. The molecule has 4 rings (SSSR count). The molecule has 0 aliphatic heterocycles. The van der Waals surface area contributed by atoms with Gasteiger partial charge in [-0.25, -0.2) is 0 Å². The Labute approximate surface area is 177 Å². The lowest BCUT2D eigenvalue weighted by atomic mass is 9.74. The Kier molecular flexibility index (Phi) is 4.58. The van der Waals surface area contributed by atoms with Crippen molar-refractivity contribution >= 4 is 22.3 Å². The Bertz CT molecular complexity index is 1280. The van der Waals surface area contributed by atoms with Gasteiger partial charge in [0.05, 0.1) is 11.1 Å². The minimum absolute atomic E-state index is 0.0567. The molecule has 3 heteroatoms. The lowest BCUT2D eigenvalue weighted by molar-refractivity contribution is -0.111. The normalized spacial score (nSPS) is 15.8. The number of fused-ring (bicyclic) bond motifs is 1. The first-order valence-corrected chi connectivity index (χ1v) is 10.2. The van der Waals surface area contributed by atoms with Gasteiger partial charge in [0.1, 0.15) is 5.76 Å². The van der Waals surface area contributed by atoms with E-state index in [9.17, 15) is 9.90 Å². The summed E-state index contributed by atoms with van der Waals surface area (Å²) in [7, 11) is 1.98. The van der Waals surface area contributed by atoms with Gasteiger partial charge >= 0.3 is 0 Å². The molecular formula is C27H27NO2. The zero-order valence-electron chi connectivity index (χ0n) is 18.2. The largest absolute Gasteiger partial charge is 0.506 e. The summed E-state index contributed by atoms with van der Waals surface area (Å²) in [6.07, 6.45) is 1.74. The Hall–Kier alpha value is -3.33. The fourth-order valence-electron chi connectivity index (χ4n) is 4.43. The second kappa shape index (κ2) is 6.88. The fraction of sp³-hybridized carbons (Fsp3) is 0.222. The summed E-state index contributed by atoms with van der Waals surface area (Å²) in [5, 5.41) is 11.8. The average Bonchev–Trinajstić information content (AvgIpc) is 2.97. The Morgan fingerprint density at radius 3 is 2.37 bits per heavy atom. The Morgan fingerprint density at radius 1 is 1.07 bits per heavy atom. The van der Waals surface area contributed by atoms with Gasteiger partial charge in [0, 0.05) is 34.6 Å². The van der Waals surface area contributed by atoms with Crippen molar-refractivity contribution in [2.45, 2.75) is 33.1 Å². The van der Waals surface area contributed by atoms with Crippen LogP contribution in [0.2, 0.25) is 0 Å². The molecule has 1 aliphatic rings. The van der Waals surface area contributed by atoms with E-state index in [4.69, 9.17) is 0 Å². The molecule has 0 saturated carbocycles. The molecule has 0 fully saturated rings. The zero-order valence-corrected chi connectivity index (χ0v) is 18.2. The number of aliphatic hydroxyl groups is 1. The lowest BCUT2D eigenvalue weighted by Gasteiger charge is -2.30. The van der Waals surface area contributed by atoms with Crippen LogP contribution in [0, 0.1) is 13.8 Å². The van der Waals surface area contributed by atoms with Gasteiger partial charge in [-0.2, -0.15) is 0 Å². The lowest BCUT2D eigenvalue weighted by Crippen LogP contribution is -2.25. The molecule has 0 radical (unpaired) electrons. The third-order valence-electron chi connectivity index (χ3n) is 6.55. The van der Waals surface area contributed by atoms with Crippen LogP contribution in [0.4, 0.5) is 0 Å². The van der Waals surface area contributed by atoms with Crippen LogP contribution in [-0.4, -0.2) is 15.5 Å². The van der Waals surface area contributed by atoms with E-state index >= 15 is 0 Å². The number of carbonyl (C=O) groups is 1. The maximum absolute atomic E-state index is 13.1. The highest BCUT2D eigenvalue weighted by Crippen LogP contribution is 2.43. The number of ketones is 1. The van der Waals surface area contributed by atoms with Crippen LogP contribution >= 0.6 is 0 Å². The van der Waals surface area contributed by atoms with Gasteiger partial charge in [0.2, 0.25) is 5.78 Å². The summed E-state index contributed by atoms with van der Waals surface area (Å²) >= 11 is 0.